The number of nitrogens with one attached hydrogen (secondary N) is 1. The molecule has 1 rings (SSSR count). The largest absolute Gasteiger partial charge is 0.465 e. The normalized spacial score (nSPS) is 26.4. The molecule has 6 atom stereocenters. The molecule has 4 N–H and O–H groups in total. The summed E-state index contributed by atoms with van der Waals surface area (Å²) >= 11 is 0. The maximum Gasteiger partial charge on any atom is 0.366 e. The standard InChI is InChI=1S/C19H30N4O10/c1-4-5-30-6-7-31-8-9-32-19(18(28)29-3)10-13(25)15(22-12(2)24)17(33-19)16(27)14(26)11-21-23-20/h1,13-17,25-27H,5-11H2,2-3H3,(H,22,24)/t13-,14+,15+,16+,17+,19+/m0/s1. The Kier molecular flexibility index (Phi) is 12.7. The molecule has 33 heavy (non-hydrogen) atoms. The zero-order chi connectivity index (χ0) is 24.9. The van der Waals surface area contributed by atoms with Crippen molar-refractivity contribution in [1.29, 1.82) is 0 Å². The van der Waals surface area contributed by atoms with Gasteiger partial charge >= 0.3 is 5.97 Å². The lowest BCUT2D eigenvalue weighted by Crippen LogP contribution is -2.68. The fraction of sp³-hybridized carbons (Fsp3) is 0.789. The summed E-state index contributed by atoms with van der Waals surface area (Å²) in [5.41, 5.74) is 8.44. The summed E-state index contributed by atoms with van der Waals surface area (Å²) < 4.78 is 26.4. The highest BCUT2D eigenvalue weighted by Crippen LogP contribution is 2.34. The van der Waals surface area contributed by atoms with Crippen LogP contribution in [-0.4, -0.2) is 110 Å². The number of methoxy groups -OCH3 is 1. The summed E-state index contributed by atoms with van der Waals surface area (Å²) in [6.07, 6.45) is -1.77. The van der Waals surface area contributed by atoms with Gasteiger partial charge in [-0.1, -0.05) is 11.0 Å². The minimum atomic E-state index is -2.17. The maximum atomic E-state index is 12.6. The first kappa shape index (κ1) is 28.6. The number of azide groups is 1. The molecule has 0 aromatic rings. The Bertz CT molecular complexity index is 726. The topological polar surface area (TPSA) is 202 Å². The molecule has 1 aliphatic heterocycles. The number of rotatable bonds is 14. The molecule has 186 valence electrons. The van der Waals surface area contributed by atoms with Gasteiger partial charge in [-0.05, 0) is 5.53 Å². The van der Waals surface area contributed by atoms with Gasteiger partial charge in [-0.15, -0.1) is 6.42 Å². The molecule has 0 bridgehead atoms. The van der Waals surface area contributed by atoms with Crippen LogP contribution in [-0.2, 0) is 33.3 Å². The third kappa shape index (κ3) is 8.77. The zero-order valence-corrected chi connectivity index (χ0v) is 18.5. The SMILES string of the molecule is C#CCOCCOCCO[C@]1(C(=O)OC)C[C@H](O)[C@@H](NC(C)=O)[C@H]([C@H](O)[C@H](O)CN=[N+]=[N-])O1. The van der Waals surface area contributed by atoms with Gasteiger partial charge in [0.25, 0.3) is 5.79 Å². The second-order valence-corrected chi connectivity index (χ2v) is 7.01. The predicted molar refractivity (Wildman–Crippen MR) is 110 cm³/mol. The van der Waals surface area contributed by atoms with E-state index in [-0.39, 0.29) is 33.0 Å². The van der Waals surface area contributed by atoms with E-state index in [2.05, 4.69) is 21.3 Å². The number of carbonyl (C=O) groups excluding carboxylic acids is 2. The molecule has 0 saturated carbocycles. The Morgan fingerprint density at radius 2 is 2.00 bits per heavy atom. The highest BCUT2D eigenvalue weighted by molar-refractivity contribution is 5.78. The minimum Gasteiger partial charge on any atom is -0.465 e. The first-order valence-electron chi connectivity index (χ1n) is 10.0. The van der Waals surface area contributed by atoms with Gasteiger partial charge in [0.05, 0.1) is 58.3 Å². The van der Waals surface area contributed by atoms with E-state index < -0.39 is 61.1 Å². The average molecular weight is 474 g/mol. The average Bonchev–Trinajstić information content (AvgIpc) is 2.79. The number of terminal acetylenes is 1. The van der Waals surface area contributed by atoms with E-state index in [4.69, 9.17) is 35.6 Å². The summed E-state index contributed by atoms with van der Waals surface area (Å²) in [5, 5.41) is 37.0. The summed E-state index contributed by atoms with van der Waals surface area (Å²) in [4.78, 5) is 26.7. The lowest BCUT2D eigenvalue weighted by Gasteiger charge is -2.46. The Balaban J connectivity index is 2.98. The molecule has 0 aromatic heterocycles. The summed E-state index contributed by atoms with van der Waals surface area (Å²) in [6, 6.07) is -1.22. The molecule has 0 unspecified atom stereocenters. The Hall–Kier alpha value is -2.47. The summed E-state index contributed by atoms with van der Waals surface area (Å²) in [5.74, 6) is -1.44. The molecular weight excluding hydrogens is 444 g/mol. The lowest BCUT2D eigenvalue weighted by atomic mass is 9.88. The van der Waals surface area contributed by atoms with Crippen molar-refractivity contribution >= 4 is 11.9 Å². The smallest absolute Gasteiger partial charge is 0.366 e. The van der Waals surface area contributed by atoms with Crippen LogP contribution in [0.3, 0.4) is 0 Å². The maximum absolute atomic E-state index is 12.6. The van der Waals surface area contributed by atoms with Crippen molar-refractivity contribution in [2.45, 2.75) is 49.6 Å². The van der Waals surface area contributed by atoms with E-state index in [0.29, 0.717) is 0 Å². The first-order chi connectivity index (χ1) is 15.7. The molecular formula is C19H30N4O10. The number of nitrogens with zero attached hydrogens (tertiary/aromatic N) is 3. The molecule has 1 saturated heterocycles. The summed E-state index contributed by atoms with van der Waals surface area (Å²) in [7, 11) is 1.07. The van der Waals surface area contributed by atoms with Crippen LogP contribution in [0.4, 0.5) is 0 Å². The van der Waals surface area contributed by atoms with Crippen molar-refractivity contribution in [1.82, 2.24) is 5.32 Å². The van der Waals surface area contributed by atoms with E-state index in [1.54, 1.807) is 0 Å². The van der Waals surface area contributed by atoms with E-state index >= 15 is 0 Å². The molecule has 14 nitrogen and oxygen atoms in total. The second kappa shape index (κ2) is 14.6. The fourth-order valence-electron chi connectivity index (χ4n) is 3.16. The van der Waals surface area contributed by atoms with Crippen LogP contribution < -0.4 is 5.32 Å². The van der Waals surface area contributed by atoms with Gasteiger partial charge in [-0.3, -0.25) is 4.79 Å². The molecule has 14 heteroatoms. The highest BCUT2D eigenvalue weighted by atomic mass is 16.7. The second-order valence-electron chi connectivity index (χ2n) is 7.01. The van der Waals surface area contributed by atoms with Crippen molar-refractivity contribution in [3.63, 3.8) is 0 Å². The van der Waals surface area contributed by atoms with Crippen molar-refractivity contribution in [2.24, 2.45) is 5.11 Å². The molecule has 0 spiro atoms. The first-order valence-corrected chi connectivity index (χ1v) is 10.0. The minimum absolute atomic E-state index is 0.0134. The molecule has 1 fully saturated rings. The number of amides is 1. The van der Waals surface area contributed by atoms with Crippen LogP contribution >= 0.6 is 0 Å². The van der Waals surface area contributed by atoms with Crippen molar-refractivity contribution < 1.29 is 48.6 Å². The number of hydrogen-bond donors (Lipinski definition) is 4. The molecule has 0 aliphatic carbocycles. The van der Waals surface area contributed by atoms with Crippen LogP contribution in [0.2, 0.25) is 0 Å². The Morgan fingerprint density at radius 3 is 2.61 bits per heavy atom. The monoisotopic (exact) mass is 474 g/mol. The van der Waals surface area contributed by atoms with Crippen molar-refractivity contribution in [3.8, 4) is 12.3 Å². The molecule has 0 aromatic carbocycles. The Labute approximate surface area is 190 Å². The number of hydrogen-bond acceptors (Lipinski definition) is 11. The van der Waals surface area contributed by atoms with Gasteiger partial charge in [0.1, 0.15) is 18.8 Å². The van der Waals surface area contributed by atoms with Gasteiger partial charge in [-0.2, -0.15) is 0 Å². The van der Waals surface area contributed by atoms with Crippen LogP contribution in [0.15, 0.2) is 5.11 Å². The van der Waals surface area contributed by atoms with E-state index in [0.717, 1.165) is 7.11 Å². The molecule has 1 aliphatic rings. The highest BCUT2D eigenvalue weighted by Gasteiger charge is 2.56. The number of carbonyl (C=O) groups is 2. The predicted octanol–water partition coefficient (Wildman–Crippen LogP) is -1.77. The van der Waals surface area contributed by atoms with Crippen LogP contribution in [0.1, 0.15) is 13.3 Å². The fourth-order valence-corrected chi connectivity index (χ4v) is 3.16. The lowest BCUT2D eigenvalue weighted by molar-refractivity contribution is -0.313. The van der Waals surface area contributed by atoms with E-state index in [1.165, 1.54) is 6.92 Å². The number of aliphatic hydroxyl groups excluding tert-OH is 3. The van der Waals surface area contributed by atoms with Gasteiger partial charge in [0, 0.05) is 18.3 Å². The van der Waals surface area contributed by atoms with Crippen LogP contribution in [0, 0.1) is 12.3 Å². The van der Waals surface area contributed by atoms with Gasteiger partial charge in [0.2, 0.25) is 5.91 Å². The molecule has 1 amide bonds. The van der Waals surface area contributed by atoms with Crippen LogP contribution in [0.5, 0.6) is 0 Å². The third-order valence-electron chi connectivity index (χ3n) is 4.62. The summed E-state index contributed by atoms with van der Waals surface area (Å²) in [6.45, 7) is 1.08. The van der Waals surface area contributed by atoms with E-state index in [9.17, 15) is 24.9 Å². The van der Waals surface area contributed by atoms with Crippen molar-refractivity contribution in [3.05, 3.63) is 10.4 Å². The third-order valence-corrected chi connectivity index (χ3v) is 4.62. The van der Waals surface area contributed by atoms with Crippen LogP contribution in [0.25, 0.3) is 10.4 Å². The van der Waals surface area contributed by atoms with Crippen molar-refractivity contribution in [2.75, 3.05) is 46.7 Å². The van der Waals surface area contributed by atoms with Gasteiger partial charge in [0.15, 0.2) is 0 Å². The van der Waals surface area contributed by atoms with Gasteiger partial charge in [-0.25, -0.2) is 4.79 Å². The zero-order valence-electron chi connectivity index (χ0n) is 18.5. The molecule has 0 radical (unpaired) electrons. The van der Waals surface area contributed by atoms with Gasteiger partial charge < -0.3 is 44.3 Å². The molecule has 1 heterocycles. The number of esters is 1. The number of aliphatic hydroxyl groups is 3. The number of ether oxygens (including phenoxy) is 5. The quantitative estimate of drug-likeness (QED) is 0.0557. The van der Waals surface area contributed by atoms with E-state index in [1.807, 2.05) is 0 Å². The Morgan fingerprint density at radius 1 is 1.33 bits per heavy atom.